The Hall–Kier alpha value is -3.30. The summed E-state index contributed by atoms with van der Waals surface area (Å²) in [4.78, 5) is 16.4. The summed E-state index contributed by atoms with van der Waals surface area (Å²) in [5.41, 5.74) is 5.27. The standard InChI is InChI=1S/C26H29FN4O4/c1-14-9-17(6-7-18(14)27)31-19-10-16-11-28-30-24(16)29-22(19)21(23(31)26(2,3)13-34-4)15-5-8-20(25(32)33)35-12-15/h6-7,9-11,15,20H,5,8,12-13H2,1-4H3,(H,32,33)(H,28,29,30)/t15-,20+/m0/s1. The molecule has 0 amide bonds. The molecule has 5 rings (SSSR count). The molecular weight excluding hydrogens is 451 g/mol. The Morgan fingerprint density at radius 2 is 2.14 bits per heavy atom. The molecule has 1 saturated heterocycles. The first kappa shape index (κ1) is 23.4. The molecule has 1 aliphatic heterocycles. The Morgan fingerprint density at radius 3 is 2.80 bits per heavy atom. The van der Waals surface area contributed by atoms with Crippen molar-refractivity contribution in [3.63, 3.8) is 0 Å². The van der Waals surface area contributed by atoms with Crippen LogP contribution in [0.25, 0.3) is 27.8 Å². The number of fused-ring (bicyclic) bond motifs is 2. The minimum absolute atomic E-state index is 0.0603. The molecule has 2 atom stereocenters. The topological polar surface area (TPSA) is 102 Å². The van der Waals surface area contributed by atoms with Crippen LogP contribution in [-0.2, 0) is 19.7 Å². The summed E-state index contributed by atoms with van der Waals surface area (Å²) in [6.07, 6.45) is 1.99. The van der Waals surface area contributed by atoms with E-state index in [0.29, 0.717) is 30.7 Å². The van der Waals surface area contributed by atoms with E-state index < -0.39 is 17.5 Å². The average Bonchev–Trinajstić information content (AvgIpc) is 3.41. The largest absolute Gasteiger partial charge is 0.479 e. The van der Waals surface area contributed by atoms with E-state index in [1.807, 2.05) is 12.1 Å². The van der Waals surface area contributed by atoms with E-state index in [0.717, 1.165) is 33.4 Å². The van der Waals surface area contributed by atoms with Gasteiger partial charge in [0.25, 0.3) is 0 Å². The number of aliphatic carboxylic acids is 1. The molecule has 0 unspecified atom stereocenters. The number of halogens is 1. The van der Waals surface area contributed by atoms with Crippen LogP contribution < -0.4 is 0 Å². The Labute approximate surface area is 202 Å². The van der Waals surface area contributed by atoms with Gasteiger partial charge in [-0.25, -0.2) is 14.2 Å². The van der Waals surface area contributed by atoms with Crippen molar-refractivity contribution in [2.45, 2.75) is 51.0 Å². The number of carbonyl (C=O) groups is 1. The zero-order chi connectivity index (χ0) is 24.9. The molecule has 184 valence electrons. The second kappa shape index (κ2) is 8.73. The maximum Gasteiger partial charge on any atom is 0.332 e. The number of aromatic nitrogens is 4. The summed E-state index contributed by atoms with van der Waals surface area (Å²) in [5, 5.41) is 17.4. The van der Waals surface area contributed by atoms with Crippen LogP contribution in [0.3, 0.4) is 0 Å². The van der Waals surface area contributed by atoms with Gasteiger partial charge in [-0.3, -0.25) is 5.10 Å². The fourth-order valence-corrected chi connectivity index (χ4v) is 5.28. The highest BCUT2D eigenvalue weighted by Gasteiger charge is 2.38. The van der Waals surface area contributed by atoms with Gasteiger partial charge in [0.1, 0.15) is 5.82 Å². The van der Waals surface area contributed by atoms with E-state index in [9.17, 15) is 14.3 Å². The van der Waals surface area contributed by atoms with Crippen molar-refractivity contribution in [2.24, 2.45) is 0 Å². The molecule has 8 nitrogen and oxygen atoms in total. The number of hydrogen-bond acceptors (Lipinski definition) is 5. The third-order valence-corrected chi connectivity index (χ3v) is 6.89. The molecule has 9 heteroatoms. The van der Waals surface area contributed by atoms with Crippen LogP contribution in [0.1, 0.15) is 49.4 Å². The van der Waals surface area contributed by atoms with Gasteiger partial charge in [-0.15, -0.1) is 0 Å². The van der Waals surface area contributed by atoms with Crippen LogP contribution in [0.5, 0.6) is 0 Å². The lowest BCUT2D eigenvalue weighted by Gasteiger charge is -2.32. The van der Waals surface area contributed by atoms with Gasteiger partial charge < -0.3 is 19.1 Å². The van der Waals surface area contributed by atoms with Crippen LogP contribution in [0.2, 0.25) is 0 Å². The summed E-state index contributed by atoms with van der Waals surface area (Å²) in [7, 11) is 1.67. The molecule has 0 aliphatic carbocycles. The fourth-order valence-electron chi connectivity index (χ4n) is 5.28. The van der Waals surface area contributed by atoms with Crippen LogP contribution in [0, 0.1) is 12.7 Å². The molecule has 2 N–H and O–H groups in total. The number of aromatic amines is 1. The molecule has 35 heavy (non-hydrogen) atoms. The van der Waals surface area contributed by atoms with Gasteiger partial charge in [0.2, 0.25) is 0 Å². The van der Waals surface area contributed by atoms with Gasteiger partial charge in [0, 0.05) is 40.8 Å². The average molecular weight is 481 g/mol. The molecule has 4 heterocycles. The second-order valence-corrected chi connectivity index (χ2v) is 9.95. The number of ether oxygens (including phenoxy) is 2. The molecule has 1 aromatic carbocycles. The molecule has 1 fully saturated rings. The smallest absolute Gasteiger partial charge is 0.332 e. The number of H-pyrrole nitrogens is 1. The van der Waals surface area contributed by atoms with Crippen molar-refractivity contribution < 1.29 is 23.8 Å². The number of carboxylic acid groups (broad SMARTS) is 1. The van der Waals surface area contributed by atoms with Gasteiger partial charge in [0.05, 0.1) is 30.4 Å². The van der Waals surface area contributed by atoms with E-state index in [1.165, 1.54) is 6.07 Å². The predicted octanol–water partition coefficient (Wildman–Crippen LogP) is 4.62. The molecule has 4 aromatic rings. The fraction of sp³-hybridized carbons (Fsp3) is 0.423. The number of nitrogens with zero attached hydrogens (tertiary/aromatic N) is 3. The molecular formula is C26H29FN4O4. The third-order valence-electron chi connectivity index (χ3n) is 6.89. The number of hydrogen-bond donors (Lipinski definition) is 2. The third kappa shape index (κ3) is 3.98. The summed E-state index contributed by atoms with van der Waals surface area (Å²) >= 11 is 0. The minimum Gasteiger partial charge on any atom is -0.479 e. The van der Waals surface area contributed by atoms with Crippen molar-refractivity contribution >= 4 is 28.0 Å². The van der Waals surface area contributed by atoms with Gasteiger partial charge in [0.15, 0.2) is 11.8 Å². The van der Waals surface area contributed by atoms with Crippen molar-refractivity contribution in [1.29, 1.82) is 0 Å². The molecule has 0 radical (unpaired) electrons. The minimum atomic E-state index is -0.940. The number of pyridine rings is 1. The Morgan fingerprint density at radius 1 is 1.34 bits per heavy atom. The van der Waals surface area contributed by atoms with Crippen LogP contribution in [0.15, 0.2) is 30.5 Å². The van der Waals surface area contributed by atoms with Crippen LogP contribution in [0.4, 0.5) is 4.39 Å². The number of carboxylic acids is 1. The number of rotatable bonds is 6. The summed E-state index contributed by atoms with van der Waals surface area (Å²) in [6, 6.07) is 7.13. The summed E-state index contributed by atoms with van der Waals surface area (Å²) in [5.74, 6) is -1.27. The molecule has 3 aromatic heterocycles. The summed E-state index contributed by atoms with van der Waals surface area (Å²) in [6.45, 7) is 6.69. The monoisotopic (exact) mass is 480 g/mol. The first-order valence-electron chi connectivity index (χ1n) is 11.7. The molecule has 0 bridgehead atoms. The highest BCUT2D eigenvalue weighted by Crippen LogP contribution is 2.44. The lowest BCUT2D eigenvalue weighted by Crippen LogP contribution is -2.33. The van der Waals surface area contributed by atoms with Gasteiger partial charge in [-0.05, 0) is 49.6 Å². The maximum atomic E-state index is 14.2. The van der Waals surface area contributed by atoms with E-state index in [4.69, 9.17) is 14.5 Å². The van der Waals surface area contributed by atoms with E-state index in [1.54, 1.807) is 26.3 Å². The first-order chi connectivity index (χ1) is 16.7. The maximum absolute atomic E-state index is 14.2. The van der Waals surface area contributed by atoms with Crippen molar-refractivity contribution in [3.8, 4) is 5.69 Å². The quantitative estimate of drug-likeness (QED) is 0.418. The SMILES string of the molecule is COCC(C)(C)c1c([C@H]2CC[C@H](C(=O)O)OC2)c2nc3[nH]ncc3cc2n1-c1ccc(F)c(C)c1. The molecule has 0 saturated carbocycles. The highest BCUT2D eigenvalue weighted by molar-refractivity contribution is 5.94. The van der Waals surface area contributed by atoms with E-state index in [2.05, 4.69) is 28.6 Å². The van der Waals surface area contributed by atoms with E-state index in [-0.39, 0.29) is 18.3 Å². The van der Waals surface area contributed by atoms with Gasteiger partial charge >= 0.3 is 5.97 Å². The first-order valence-corrected chi connectivity index (χ1v) is 11.7. The lowest BCUT2D eigenvalue weighted by atomic mass is 9.81. The predicted molar refractivity (Wildman–Crippen MR) is 130 cm³/mol. The van der Waals surface area contributed by atoms with Crippen LogP contribution >= 0.6 is 0 Å². The van der Waals surface area contributed by atoms with Gasteiger partial charge in [-0.2, -0.15) is 5.10 Å². The Bertz CT molecular complexity index is 1420. The number of nitrogens with one attached hydrogen (secondary N) is 1. The summed E-state index contributed by atoms with van der Waals surface area (Å²) < 4.78 is 27.8. The highest BCUT2D eigenvalue weighted by atomic mass is 19.1. The Balaban J connectivity index is 1.83. The van der Waals surface area contributed by atoms with Crippen molar-refractivity contribution in [2.75, 3.05) is 20.3 Å². The Kier molecular flexibility index (Phi) is 5.85. The normalized spacial score (nSPS) is 19.0. The lowest BCUT2D eigenvalue weighted by molar-refractivity contribution is -0.153. The van der Waals surface area contributed by atoms with Crippen molar-refractivity contribution in [1.82, 2.24) is 19.7 Å². The number of methoxy groups -OCH3 is 1. The number of aryl methyl sites for hydroxylation is 1. The number of benzene rings is 1. The molecule has 1 aliphatic rings. The van der Waals surface area contributed by atoms with Crippen molar-refractivity contribution in [3.05, 3.63) is 53.1 Å². The van der Waals surface area contributed by atoms with Gasteiger partial charge in [-0.1, -0.05) is 13.8 Å². The second-order valence-electron chi connectivity index (χ2n) is 9.95. The zero-order valence-corrected chi connectivity index (χ0v) is 20.3. The zero-order valence-electron chi connectivity index (χ0n) is 20.3. The molecule has 0 spiro atoms. The van der Waals surface area contributed by atoms with Crippen LogP contribution in [-0.4, -0.2) is 57.3 Å². The van der Waals surface area contributed by atoms with E-state index >= 15 is 0 Å².